The highest BCUT2D eigenvalue weighted by Crippen LogP contribution is 2.24. The Bertz CT molecular complexity index is 554. The molecule has 4 heteroatoms. The topological polar surface area (TPSA) is 30.0 Å². The van der Waals surface area contributed by atoms with Crippen LogP contribution >= 0.6 is 0 Å². The van der Waals surface area contributed by atoms with Crippen molar-refractivity contribution in [2.24, 2.45) is 0 Å². The van der Waals surface area contributed by atoms with Crippen molar-refractivity contribution < 1.29 is 5.11 Å². The van der Waals surface area contributed by atoms with Crippen LogP contribution in [0.2, 0.25) is 0 Å². The molecule has 26 heavy (non-hydrogen) atoms. The first-order valence-electron chi connectivity index (χ1n) is 10.5. The lowest BCUT2D eigenvalue weighted by Crippen LogP contribution is -2.57. The van der Waals surface area contributed by atoms with Crippen molar-refractivity contribution in [3.63, 3.8) is 0 Å². The molecule has 0 aliphatic carbocycles. The van der Waals surface area contributed by atoms with Gasteiger partial charge in [0.2, 0.25) is 0 Å². The minimum Gasteiger partial charge on any atom is -0.396 e. The van der Waals surface area contributed by atoms with Crippen LogP contribution in [0.1, 0.15) is 44.2 Å². The van der Waals surface area contributed by atoms with E-state index in [4.69, 9.17) is 0 Å². The number of benzene rings is 1. The average Bonchev–Trinajstić information content (AvgIpc) is 2.65. The molecule has 0 saturated carbocycles. The minimum atomic E-state index is 0.286. The van der Waals surface area contributed by atoms with Crippen LogP contribution in [0.5, 0.6) is 0 Å². The van der Waals surface area contributed by atoms with Gasteiger partial charge in [0.15, 0.2) is 0 Å². The Morgan fingerprint density at radius 2 is 1.81 bits per heavy atom. The van der Waals surface area contributed by atoms with Crippen LogP contribution in [0.4, 0.5) is 0 Å². The number of aliphatic hydroxyl groups is 1. The van der Waals surface area contributed by atoms with Crippen LogP contribution in [0, 0.1) is 6.92 Å². The molecule has 0 spiro atoms. The monoisotopic (exact) mass is 359 g/mol. The van der Waals surface area contributed by atoms with Gasteiger partial charge in [-0.15, -0.1) is 0 Å². The molecule has 0 amide bonds. The number of likely N-dealkylation sites (tertiary alicyclic amines) is 1. The summed E-state index contributed by atoms with van der Waals surface area (Å²) in [6.45, 7) is 14.0. The van der Waals surface area contributed by atoms with E-state index in [-0.39, 0.29) is 6.61 Å². The van der Waals surface area contributed by atoms with Crippen molar-refractivity contribution in [1.82, 2.24) is 14.7 Å². The first-order valence-corrected chi connectivity index (χ1v) is 10.5. The molecule has 3 rings (SSSR count). The highest BCUT2D eigenvalue weighted by Gasteiger charge is 2.32. The van der Waals surface area contributed by atoms with Crippen LogP contribution in [-0.2, 0) is 6.54 Å². The summed E-state index contributed by atoms with van der Waals surface area (Å²) < 4.78 is 0. The molecule has 2 aliphatic rings. The summed E-state index contributed by atoms with van der Waals surface area (Å²) >= 11 is 0. The number of piperidine rings is 1. The van der Waals surface area contributed by atoms with Crippen LogP contribution in [0.25, 0.3) is 0 Å². The first-order chi connectivity index (χ1) is 12.6. The van der Waals surface area contributed by atoms with Crippen molar-refractivity contribution in [2.75, 3.05) is 39.3 Å². The Labute approximate surface area is 159 Å². The second-order valence-electron chi connectivity index (χ2n) is 8.42. The second kappa shape index (κ2) is 9.32. The largest absolute Gasteiger partial charge is 0.396 e. The Morgan fingerprint density at radius 3 is 2.46 bits per heavy atom. The molecule has 146 valence electrons. The molecule has 1 atom stereocenters. The van der Waals surface area contributed by atoms with Gasteiger partial charge in [-0.1, -0.05) is 24.3 Å². The Hall–Kier alpha value is -0.940. The highest BCUT2D eigenvalue weighted by molar-refractivity contribution is 5.25. The quantitative estimate of drug-likeness (QED) is 0.846. The smallest absolute Gasteiger partial charge is 0.0446 e. The zero-order valence-electron chi connectivity index (χ0n) is 16.9. The van der Waals surface area contributed by atoms with E-state index in [0.29, 0.717) is 12.1 Å². The molecule has 1 N–H and O–H groups in total. The highest BCUT2D eigenvalue weighted by atomic mass is 16.3. The third-order valence-corrected chi connectivity index (χ3v) is 6.48. The van der Waals surface area contributed by atoms with Gasteiger partial charge < -0.3 is 10.0 Å². The Balaban J connectivity index is 1.58. The summed E-state index contributed by atoms with van der Waals surface area (Å²) in [6.07, 6.45) is 3.47. The molecule has 0 aromatic heterocycles. The van der Waals surface area contributed by atoms with Crippen molar-refractivity contribution in [3.8, 4) is 0 Å². The molecule has 0 radical (unpaired) electrons. The van der Waals surface area contributed by atoms with Crippen molar-refractivity contribution in [1.29, 1.82) is 0 Å². The SMILES string of the molecule is Cc1ccccc1CN1CCN(C2CCN(C(C)C)CC2)C[C@@H]1CCO. The molecule has 4 nitrogen and oxygen atoms in total. The van der Waals surface area contributed by atoms with E-state index in [2.05, 4.69) is 59.7 Å². The molecular weight excluding hydrogens is 322 g/mol. The number of aliphatic hydroxyl groups excluding tert-OH is 1. The third-order valence-electron chi connectivity index (χ3n) is 6.48. The van der Waals surface area contributed by atoms with Gasteiger partial charge in [0.25, 0.3) is 0 Å². The van der Waals surface area contributed by atoms with Gasteiger partial charge in [-0.3, -0.25) is 9.80 Å². The van der Waals surface area contributed by atoms with Gasteiger partial charge in [0.05, 0.1) is 0 Å². The number of nitrogens with zero attached hydrogens (tertiary/aromatic N) is 3. The molecule has 2 fully saturated rings. The zero-order chi connectivity index (χ0) is 18.5. The lowest BCUT2D eigenvalue weighted by molar-refractivity contribution is 0.00982. The number of hydrogen-bond acceptors (Lipinski definition) is 4. The summed E-state index contributed by atoms with van der Waals surface area (Å²) in [6, 6.07) is 10.6. The molecule has 0 bridgehead atoms. The van der Waals surface area contributed by atoms with Crippen molar-refractivity contribution >= 4 is 0 Å². The van der Waals surface area contributed by atoms with Crippen LogP contribution in [0.15, 0.2) is 24.3 Å². The van der Waals surface area contributed by atoms with E-state index in [1.54, 1.807) is 0 Å². The third kappa shape index (κ3) is 4.86. The average molecular weight is 360 g/mol. The molecule has 2 aliphatic heterocycles. The van der Waals surface area contributed by atoms with Gasteiger partial charge in [-0.25, -0.2) is 0 Å². The van der Waals surface area contributed by atoms with E-state index in [1.165, 1.54) is 43.6 Å². The summed E-state index contributed by atoms with van der Waals surface area (Å²) in [4.78, 5) is 7.92. The molecule has 1 aromatic carbocycles. The van der Waals surface area contributed by atoms with Crippen LogP contribution in [-0.4, -0.2) is 77.3 Å². The standard InChI is InChI=1S/C22H37N3O/c1-18(2)23-11-8-21(9-12-23)25-14-13-24(22(17-25)10-15-26)16-20-7-5-4-6-19(20)3/h4-7,18,21-22,26H,8-17H2,1-3H3/t22-/m0/s1. The van der Waals surface area contributed by atoms with E-state index < -0.39 is 0 Å². The summed E-state index contributed by atoms with van der Waals surface area (Å²) in [5.74, 6) is 0. The fourth-order valence-corrected chi connectivity index (χ4v) is 4.65. The molecule has 2 heterocycles. The zero-order valence-corrected chi connectivity index (χ0v) is 16.9. The predicted molar refractivity (Wildman–Crippen MR) is 108 cm³/mol. The summed E-state index contributed by atoms with van der Waals surface area (Å²) in [5, 5.41) is 9.60. The maximum Gasteiger partial charge on any atom is 0.0446 e. The molecule has 1 aromatic rings. The molecule has 0 unspecified atom stereocenters. The van der Waals surface area contributed by atoms with Gasteiger partial charge in [-0.2, -0.15) is 0 Å². The number of piperazine rings is 1. The fourth-order valence-electron chi connectivity index (χ4n) is 4.65. The van der Waals surface area contributed by atoms with E-state index in [0.717, 1.165) is 32.1 Å². The molecule has 2 saturated heterocycles. The van der Waals surface area contributed by atoms with Gasteiger partial charge in [-0.05, 0) is 64.3 Å². The predicted octanol–water partition coefficient (Wildman–Crippen LogP) is 2.74. The number of rotatable bonds is 6. The molecular formula is C22H37N3O. The Kier molecular flexibility index (Phi) is 7.10. The minimum absolute atomic E-state index is 0.286. The van der Waals surface area contributed by atoms with Crippen LogP contribution in [0.3, 0.4) is 0 Å². The van der Waals surface area contributed by atoms with Gasteiger partial charge >= 0.3 is 0 Å². The van der Waals surface area contributed by atoms with E-state index in [9.17, 15) is 5.11 Å². The summed E-state index contributed by atoms with van der Waals surface area (Å²) in [7, 11) is 0. The van der Waals surface area contributed by atoms with Crippen molar-refractivity contribution in [3.05, 3.63) is 35.4 Å². The van der Waals surface area contributed by atoms with E-state index >= 15 is 0 Å². The van der Waals surface area contributed by atoms with Crippen LogP contribution < -0.4 is 0 Å². The number of aryl methyl sites for hydroxylation is 1. The normalized spacial score (nSPS) is 24.4. The lowest BCUT2D eigenvalue weighted by Gasteiger charge is -2.47. The maximum absolute atomic E-state index is 9.60. The first kappa shape index (κ1) is 19.8. The van der Waals surface area contributed by atoms with Gasteiger partial charge in [0.1, 0.15) is 0 Å². The van der Waals surface area contributed by atoms with E-state index in [1.807, 2.05) is 0 Å². The lowest BCUT2D eigenvalue weighted by atomic mass is 9.98. The van der Waals surface area contributed by atoms with Gasteiger partial charge in [0, 0.05) is 50.9 Å². The second-order valence-corrected chi connectivity index (χ2v) is 8.42. The maximum atomic E-state index is 9.60. The summed E-state index contributed by atoms with van der Waals surface area (Å²) in [5.41, 5.74) is 2.80. The Morgan fingerprint density at radius 1 is 1.08 bits per heavy atom. The number of hydrogen-bond donors (Lipinski definition) is 1. The fraction of sp³-hybridized carbons (Fsp3) is 0.727. The van der Waals surface area contributed by atoms with Crippen molar-refractivity contribution in [2.45, 2.75) is 64.7 Å².